The average molecular weight is 295 g/mol. The second kappa shape index (κ2) is 5.14. The SMILES string of the molecule is CCOC(=O)C1CN(C(=O)c2cncs2)CC12CNC2. The highest BCUT2D eigenvalue weighted by Gasteiger charge is 2.55. The fourth-order valence-electron chi connectivity index (χ4n) is 2.97. The molecule has 20 heavy (non-hydrogen) atoms. The summed E-state index contributed by atoms with van der Waals surface area (Å²) in [6.45, 7) is 4.77. The molecular formula is C13H17N3O3S. The van der Waals surface area contributed by atoms with Gasteiger partial charge in [0.05, 0.1) is 24.2 Å². The molecule has 2 saturated heterocycles. The van der Waals surface area contributed by atoms with Gasteiger partial charge in [-0.1, -0.05) is 0 Å². The molecule has 3 heterocycles. The lowest BCUT2D eigenvalue weighted by atomic mass is 9.73. The predicted molar refractivity (Wildman–Crippen MR) is 73.4 cm³/mol. The summed E-state index contributed by atoms with van der Waals surface area (Å²) in [7, 11) is 0. The van der Waals surface area contributed by atoms with Crippen LogP contribution in [-0.2, 0) is 9.53 Å². The van der Waals surface area contributed by atoms with E-state index >= 15 is 0 Å². The zero-order valence-electron chi connectivity index (χ0n) is 11.3. The molecule has 2 aliphatic rings. The van der Waals surface area contributed by atoms with Crippen molar-refractivity contribution in [3.05, 3.63) is 16.6 Å². The molecule has 7 heteroatoms. The molecule has 108 valence electrons. The molecule has 1 aromatic rings. The average Bonchev–Trinajstić information content (AvgIpc) is 3.05. The smallest absolute Gasteiger partial charge is 0.311 e. The van der Waals surface area contributed by atoms with Gasteiger partial charge in [0.25, 0.3) is 5.91 Å². The van der Waals surface area contributed by atoms with Crippen LogP contribution in [0.5, 0.6) is 0 Å². The third kappa shape index (κ3) is 2.10. The topological polar surface area (TPSA) is 71.5 Å². The van der Waals surface area contributed by atoms with Crippen LogP contribution in [0.1, 0.15) is 16.6 Å². The van der Waals surface area contributed by atoms with Crippen molar-refractivity contribution in [3.8, 4) is 0 Å². The number of likely N-dealkylation sites (tertiary alicyclic amines) is 1. The van der Waals surface area contributed by atoms with E-state index in [1.807, 2.05) is 0 Å². The molecule has 0 radical (unpaired) electrons. The normalized spacial score (nSPS) is 23.6. The van der Waals surface area contributed by atoms with Crippen LogP contribution in [0.15, 0.2) is 11.7 Å². The minimum absolute atomic E-state index is 0.0365. The molecule has 0 aromatic carbocycles. The highest BCUT2D eigenvalue weighted by Crippen LogP contribution is 2.40. The van der Waals surface area contributed by atoms with Crippen LogP contribution in [0, 0.1) is 11.3 Å². The van der Waals surface area contributed by atoms with Crippen molar-refractivity contribution in [1.29, 1.82) is 0 Å². The lowest BCUT2D eigenvalue weighted by Gasteiger charge is -2.42. The monoisotopic (exact) mass is 295 g/mol. The number of hydrogen-bond donors (Lipinski definition) is 1. The van der Waals surface area contributed by atoms with Crippen molar-refractivity contribution in [2.75, 3.05) is 32.8 Å². The van der Waals surface area contributed by atoms with Crippen LogP contribution in [0.25, 0.3) is 0 Å². The third-order valence-corrected chi connectivity index (χ3v) is 4.86. The van der Waals surface area contributed by atoms with Crippen LogP contribution in [0.4, 0.5) is 0 Å². The predicted octanol–water partition coefficient (Wildman–Crippen LogP) is 0.368. The summed E-state index contributed by atoms with van der Waals surface area (Å²) in [5.74, 6) is -0.445. The molecule has 6 nitrogen and oxygen atoms in total. The van der Waals surface area contributed by atoms with Gasteiger partial charge in [-0.05, 0) is 6.92 Å². The van der Waals surface area contributed by atoms with Crippen LogP contribution >= 0.6 is 11.3 Å². The molecule has 2 aliphatic heterocycles. The summed E-state index contributed by atoms with van der Waals surface area (Å²) in [6, 6.07) is 0. The molecule has 1 amide bonds. The van der Waals surface area contributed by atoms with Gasteiger partial charge in [0, 0.05) is 31.6 Å². The van der Waals surface area contributed by atoms with Crippen molar-refractivity contribution < 1.29 is 14.3 Å². The number of aromatic nitrogens is 1. The van der Waals surface area contributed by atoms with Gasteiger partial charge in [-0.3, -0.25) is 14.6 Å². The van der Waals surface area contributed by atoms with E-state index in [-0.39, 0.29) is 23.2 Å². The summed E-state index contributed by atoms with van der Waals surface area (Å²) in [6.07, 6.45) is 1.58. The van der Waals surface area contributed by atoms with E-state index in [0.29, 0.717) is 24.6 Å². The fraction of sp³-hybridized carbons (Fsp3) is 0.615. The number of carbonyl (C=O) groups excluding carboxylic acids is 2. The van der Waals surface area contributed by atoms with E-state index < -0.39 is 0 Å². The zero-order valence-corrected chi connectivity index (χ0v) is 12.1. The summed E-state index contributed by atoms with van der Waals surface area (Å²) >= 11 is 1.33. The standard InChI is InChI=1S/C13H17N3O3S/c1-2-19-12(18)9-4-16(7-13(9)5-15-6-13)11(17)10-3-14-8-20-10/h3,8-9,15H,2,4-7H2,1H3. The van der Waals surface area contributed by atoms with Crippen LogP contribution in [0.2, 0.25) is 0 Å². The second-order valence-corrected chi connectivity index (χ2v) is 6.21. The Labute approximate surface area is 121 Å². The number of carbonyl (C=O) groups is 2. The first-order chi connectivity index (χ1) is 9.66. The van der Waals surface area contributed by atoms with Crippen LogP contribution in [-0.4, -0.2) is 54.5 Å². The molecule has 0 bridgehead atoms. The minimum Gasteiger partial charge on any atom is -0.466 e. The zero-order chi connectivity index (χ0) is 14.2. The quantitative estimate of drug-likeness (QED) is 0.816. The maximum Gasteiger partial charge on any atom is 0.311 e. The van der Waals surface area contributed by atoms with Gasteiger partial charge in [0.2, 0.25) is 0 Å². The Morgan fingerprint density at radius 1 is 1.60 bits per heavy atom. The van der Waals surface area contributed by atoms with Crippen molar-refractivity contribution >= 4 is 23.2 Å². The van der Waals surface area contributed by atoms with Gasteiger partial charge in [-0.15, -0.1) is 11.3 Å². The Morgan fingerprint density at radius 3 is 2.95 bits per heavy atom. The van der Waals surface area contributed by atoms with E-state index in [0.717, 1.165) is 13.1 Å². The lowest BCUT2D eigenvalue weighted by Crippen LogP contribution is -2.59. The Balaban J connectivity index is 1.77. The molecule has 0 saturated carbocycles. The van der Waals surface area contributed by atoms with E-state index in [9.17, 15) is 9.59 Å². The number of ether oxygens (including phenoxy) is 1. The molecule has 1 unspecified atom stereocenters. The van der Waals surface area contributed by atoms with E-state index in [1.54, 1.807) is 23.5 Å². The number of nitrogens with zero attached hydrogens (tertiary/aromatic N) is 2. The van der Waals surface area contributed by atoms with Gasteiger partial charge in [-0.2, -0.15) is 0 Å². The first-order valence-electron chi connectivity index (χ1n) is 6.71. The number of esters is 1. The van der Waals surface area contributed by atoms with E-state index in [4.69, 9.17) is 4.74 Å². The molecule has 1 N–H and O–H groups in total. The van der Waals surface area contributed by atoms with E-state index in [1.165, 1.54) is 11.3 Å². The van der Waals surface area contributed by atoms with Crippen molar-refractivity contribution in [3.63, 3.8) is 0 Å². The van der Waals surface area contributed by atoms with Gasteiger partial charge in [0.15, 0.2) is 0 Å². The fourth-order valence-corrected chi connectivity index (χ4v) is 3.56. The molecule has 3 rings (SSSR count). The first kappa shape index (κ1) is 13.5. The molecule has 1 atom stereocenters. The molecule has 1 spiro atoms. The Morgan fingerprint density at radius 2 is 2.40 bits per heavy atom. The second-order valence-electron chi connectivity index (χ2n) is 5.32. The molecule has 2 fully saturated rings. The number of thiazole rings is 1. The van der Waals surface area contributed by atoms with Gasteiger partial charge < -0.3 is 15.0 Å². The highest BCUT2D eigenvalue weighted by molar-refractivity contribution is 7.11. The summed E-state index contributed by atoms with van der Waals surface area (Å²) in [5, 5.41) is 3.21. The van der Waals surface area contributed by atoms with Crippen molar-refractivity contribution in [2.24, 2.45) is 11.3 Å². The van der Waals surface area contributed by atoms with Gasteiger partial charge in [-0.25, -0.2) is 0 Å². The Kier molecular flexibility index (Phi) is 3.47. The lowest BCUT2D eigenvalue weighted by molar-refractivity contribution is -0.152. The molecular weight excluding hydrogens is 278 g/mol. The van der Waals surface area contributed by atoms with Gasteiger partial charge in [0.1, 0.15) is 4.88 Å². The number of rotatable bonds is 3. The Bertz CT molecular complexity index is 513. The summed E-state index contributed by atoms with van der Waals surface area (Å²) < 4.78 is 5.16. The number of amides is 1. The van der Waals surface area contributed by atoms with Crippen LogP contribution < -0.4 is 5.32 Å². The number of hydrogen-bond acceptors (Lipinski definition) is 6. The van der Waals surface area contributed by atoms with Crippen LogP contribution in [0.3, 0.4) is 0 Å². The maximum absolute atomic E-state index is 12.4. The summed E-state index contributed by atoms with van der Waals surface area (Å²) in [4.78, 5) is 30.8. The minimum atomic E-state index is -0.222. The third-order valence-electron chi connectivity index (χ3n) is 4.10. The first-order valence-corrected chi connectivity index (χ1v) is 7.59. The molecule has 0 aliphatic carbocycles. The molecule has 1 aromatic heterocycles. The largest absolute Gasteiger partial charge is 0.466 e. The highest BCUT2D eigenvalue weighted by atomic mass is 32.1. The van der Waals surface area contributed by atoms with Crippen molar-refractivity contribution in [1.82, 2.24) is 15.2 Å². The van der Waals surface area contributed by atoms with Crippen molar-refractivity contribution in [2.45, 2.75) is 6.92 Å². The van der Waals surface area contributed by atoms with E-state index in [2.05, 4.69) is 10.3 Å². The number of nitrogens with one attached hydrogen (secondary N) is 1. The van der Waals surface area contributed by atoms with Gasteiger partial charge >= 0.3 is 5.97 Å². The Hall–Kier alpha value is -1.47. The maximum atomic E-state index is 12.4. The summed E-state index contributed by atoms with van der Waals surface area (Å²) in [5.41, 5.74) is 1.50.